The van der Waals surface area contributed by atoms with Crippen molar-refractivity contribution >= 4 is 5.91 Å². The molecule has 3 rings (SSSR count). The van der Waals surface area contributed by atoms with Gasteiger partial charge >= 0.3 is 6.18 Å². The van der Waals surface area contributed by atoms with E-state index < -0.39 is 11.7 Å². The van der Waals surface area contributed by atoms with Gasteiger partial charge in [0.15, 0.2) is 0 Å². The number of carbonyl (C=O) groups is 1. The minimum atomic E-state index is -4.31. The van der Waals surface area contributed by atoms with Gasteiger partial charge in [-0.05, 0) is 18.1 Å². The Bertz CT molecular complexity index is 652. The largest absolute Gasteiger partial charge is 0.416 e. The van der Waals surface area contributed by atoms with Gasteiger partial charge in [-0.2, -0.15) is 13.2 Å². The molecule has 1 N–H and O–H groups in total. The summed E-state index contributed by atoms with van der Waals surface area (Å²) in [5, 5.41) is 2.92. The Morgan fingerprint density at radius 2 is 2.00 bits per heavy atom. The number of benzene rings is 1. The topological polar surface area (TPSA) is 44.8 Å². The predicted molar refractivity (Wildman–Crippen MR) is 95.1 cm³/mol. The van der Waals surface area contributed by atoms with Crippen LogP contribution in [0.3, 0.4) is 0 Å². The van der Waals surface area contributed by atoms with Crippen molar-refractivity contribution in [1.29, 1.82) is 0 Å². The minimum Gasteiger partial charge on any atom is -0.379 e. The molecule has 1 amide bonds. The summed E-state index contributed by atoms with van der Waals surface area (Å²) in [4.78, 5) is 15.9. The summed E-state index contributed by atoms with van der Waals surface area (Å²) in [6, 6.07) is 5.54. The monoisotopic (exact) mass is 385 g/mol. The maximum absolute atomic E-state index is 12.9. The maximum atomic E-state index is 12.9. The van der Waals surface area contributed by atoms with E-state index >= 15 is 0 Å². The van der Waals surface area contributed by atoms with Crippen LogP contribution in [0, 0.1) is 0 Å². The van der Waals surface area contributed by atoms with Crippen LogP contribution in [0.25, 0.3) is 0 Å². The third-order valence-electron chi connectivity index (χ3n) is 5.45. The molecule has 8 heteroatoms. The smallest absolute Gasteiger partial charge is 0.379 e. The standard InChI is InChI=1S/C19H26F3N3O2/c1-15(26)23-13-18(5-10-27-14-18)25-8-6-24(7-9-25)12-16-3-2-4-17(11-16)19(20,21)22/h2-4,11H,5-10,12-14H2,1H3,(H,23,26). The molecule has 1 atom stereocenters. The normalized spacial score (nSPS) is 24.9. The highest BCUT2D eigenvalue weighted by Crippen LogP contribution is 2.30. The van der Waals surface area contributed by atoms with Crippen LogP contribution in [0.1, 0.15) is 24.5 Å². The van der Waals surface area contributed by atoms with Gasteiger partial charge in [0, 0.05) is 52.8 Å². The Kier molecular flexibility index (Phi) is 6.08. The Labute approximate surface area is 157 Å². The van der Waals surface area contributed by atoms with Crippen LogP contribution in [0.15, 0.2) is 24.3 Å². The van der Waals surface area contributed by atoms with Crippen molar-refractivity contribution in [3.8, 4) is 0 Å². The zero-order valence-corrected chi connectivity index (χ0v) is 15.5. The average Bonchev–Trinajstić information content (AvgIpc) is 3.10. The third-order valence-corrected chi connectivity index (χ3v) is 5.45. The lowest BCUT2D eigenvalue weighted by Crippen LogP contribution is -2.61. The molecule has 1 aromatic carbocycles. The van der Waals surface area contributed by atoms with E-state index in [-0.39, 0.29) is 11.4 Å². The van der Waals surface area contributed by atoms with Crippen LogP contribution in [-0.2, 0) is 22.3 Å². The Morgan fingerprint density at radius 3 is 2.59 bits per heavy atom. The summed E-state index contributed by atoms with van der Waals surface area (Å²) >= 11 is 0. The summed E-state index contributed by atoms with van der Waals surface area (Å²) < 4.78 is 44.2. The highest BCUT2D eigenvalue weighted by molar-refractivity contribution is 5.72. The molecule has 2 heterocycles. The van der Waals surface area contributed by atoms with Gasteiger partial charge in [-0.3, -0.25) is 14.6 Å². The highest BCUT2D eigenvalue weighted by atomic mass is 19.4. The summed E-state index contributed by atoms with van der Waals surface area (Å²) in [5.74, 6) is -0.0514. The maximum Gasteiger partial charge on any atom is 0.416 e. The van der Waals surface area contributed by atoms with Crippen LogP contribution in [0.4, 0.5) is 13.2 Å². The number of ether oxygens (including phenoxy) is 1. The molecule has 2 aliphatic rings. The zero-order valence-electron chi connectivity index (χ0n) is 15.5. The van der Waals surface area contributed by atoms with Gasteiger partial charge in [-0.1, -0.05) is 18.2 Å². The zero-order chi connectivity index (χ0) is 19.5. The molecule has 0 radical (unpaired) electrons. The summed E-state index contributed by atoms with van der Waals surface area (Å²) in [7, 11) is 0. The molecule has 0 aromatic heterocycles. The quantitative estimate of drug-likeness (QED) is 0.844. The number of alkyl halides is 3. The van der Waals surface area contributed by atoms with Crippen LogP contribution in [0.5, 0.6) is 0 Å². The SMILES string of the molecule is CC(=O)NCC1(N2CCN(Cc3cccc(C(F)(F)F)c3)CC2)CCOC1. The van der Waals surface area contributed by atoms with Gasteiger partial charge in [0.05, 0.1) is 17.7 Å². The molecule has 2 fully saturated rings. The van der Waals surface area contributed by atoms with E-state index in [9.17, 15) is 18.0 Å². The molecule has 0 aliphatic carbocycles. The Morgan fingerprint density at radius 1 is 1.26 bits per heavy atom. The van der Waals surface area contributed by atoms with Crippen molar-refractivity contribution in [1.82, 2.24) is 15.1 Å². The Hall–Kier alpha value is -1.64. The minimum absolute atomic E-state index is 0.0514. The van der Waals surface area contributed by atoms with Crippen molar-refractivity contribution in [2.24, 2.45) is 0 Å². The first-order valence-corrected chi connectivity index (χ1v) is 9.24. The van der Waals surface area contributed by atoms with Crippen LogP contribution < -0.4 is 5.32 Å². The van der Waals surface area contributed by atoms with Gasteiger partial charge < -0.3 is 10.1 Å². The molecule has 0 bridgehead atoms. The fourth-order valence-corrected chi connectivity index (χ4v) is 3.87. The molecule has 0 spiro atoms. The molecule has 150 valence electrons. The lowest BCUT2D eigenvalue weighted by molar-refractivity contribution is -0.137. The van der Waals surface area contributed by atoms with Crippen LogP contribution in [-0.4, -0.2) is 67.2 Å². The molecule has 1 aromatic rings. The average molecular weight is 385 g/mol. The predicted octanol–water partition coefficient (Wildman–Crippen LogP) is 2.12. The molecule has 1 unspecified atom stereocenters. The van der Waals surface area contributed by atoms with E-state index in [0.717, 1.165) is 38.7 Å². The lowest BCUT2D eigenvalue weighted by Gasteiger charge is -2.45. The van der Waals surface area contributed by atoms with E-state index in [1.165, 1.54) is 19.1 Å². The number of nitrogens with zero attached hydrogens (tertiary/aromatic N) is 2. The molecule has 5 nitrogen and oxygen atoms in total. The van der Waals surface area contributed by atoms with Gasteiger partial charge in [0.1, 0.15) is 0 Å². The molecular weight excluding hydrogens is 359 g/mol. The summed E-state index contributed by atoms with van der Waals surface area (Å²) in [5.41, 5.74) is -0.0973. The van der Waals surface area contributed by atoms with E-state index in [1.807, 2.05) is 0 Å². The molecule has 2 saturated heterocycles. The fourth-order valence-electron chi connectivity index (χ4n) is 3.87. The van der Waals surface area contributed by atoms with E-state index in [0.29, 0.717) is 31.9 Å². The Balaban J connectivity index is 1.58. The lowest BCUT2D eigenvalue weighted by atomic mass is 9.94. The second-order valence-corrected chi connectivity index (χ2v) is 7.40. The molecule has 27 heavy (non-hydrogen) atoms. The molecular formula is C19H26F3N3O2. The van der Waals surface area contributed by atoms with Crippen molar-refractivity contribution < 1.29 is 22.7 Å². The van der Waals surface area contributed by atoms with Crippen molar-refractivity contribution in [2.75, 3.05) is 45.9 Å². The number of amides is 1. The van der Waals surface area contributed by atoms with Crippen LogP contribution in [0.2, 0.25) is 0 Å². The first-order valence-electron chi connectivity index (χ1n) is 9.24. The fraction of sp³-hybridized carbons (Fsp3) is 0.632. The van der Waals surface area contributed by atoms with Crippen molar-refractivity contribution in [3.05, 3.63) is 35.4 Å². The van der Waals surface area contributed by atoms with Gasteiger partial charge in [0.2, 0.25) is 5.91 Å². The third kappa shape index (κ3) is 5.00. The van der Waals surface area contributed by atoms with Crippen LogP contribution >= 0.6 is 0 Å². The second kappa shape index (κ2) is 8.16. The summed E-state index contributed by atoms with van der Waals surface area (Å²) in [6.07, 6.45) is -3.44. The number of hydrogen-bond acceptors (Lipinski definition) is 4. The van der Waals surface area contributed by atoms with E-state index in [2.05, 4.69) is 15.1 Å². The van der Waals surface area contributed by atoms with E-state index in [1.54, 1.807) is 6.07 Å². The van der Waals surface area contributed by atoms with Crippen molar-refractivity contribution in [3.63, 3.8) is 0 Å². The summed E-state index contributed by atoms with van der Waals surface area (Å²) in [6.45, 7) is 7.03. The molecule has 2 aliphatic heterocycles. The van der Waals surface area contributed by atoms with Gasteiger partial charge in [-0.15, -0.1) is 0 Å². The number of rotatable bonds is 5. The van der Waals surface area contributed by atoms with Gasteiger partial charge in [-0.25, -0.2) is 0 Å². The molecule has 0 saturated carbocycles. The second-order valence-electron chi connectivity index (χ2n) is 7.40. The highest BCUT2D eigenvalue weighted by Gasteiger charge is 2.41. The van der Waals surface area contributed by atoms with E-state index in [4.69, 9.17) is 4.74 Å². The number of nitrogens with one attached hydrogen (secondary N) is 1. The number of hydrogen-bond donors (Lipinski definition) is 1. The van der Waals surface area contributed by atoms with Crippen molar-refractivity contribution in [2.45, 2.75) is 31.6 Å². The number of carbonyl (C=O) groups excluding carboxylic acids is 1. The number of piperazine rings is 1. The first kappa shape index (κ1) is 20.1. The van der Waals surface area contributed by atoms with Gasteiger partial charge in [0.25, 0.3) is 0 Å². The first-order chi connectivity index (χ1) is 12.8. The number of halogens is 3.